The van der Waals surface area contributed by atoms with Gasteiger partial charge in [0.25, 0.3) is 0 Å². The molecule has 0 N–H and O–H groups in total. The summed E-state index contributed by atoms with van der Waals surface area (Å²) in [6.07, 6.45) is -5.30. The fourth-order valence-electron chi connectivity index (χ4n) is 3.15. The van der Waals surface area contributed by atoms with Gasteiger partial charge in [0.1, 0.15) is 18.8 Å². The van der Waals surface area contributed by atoms with Crippen LogP contribution in [0.5, 0.6) is 0 Å². The number of hydrogen-bond acceptors (Lipinski definition) is 9. The highest BCUT2D eigenvalue weighted by atomic mass is 79.9. The predicted molar refractivity (Wildman–Crippen MR) is 105 cm³/mol. The van der Waals surface area contributed by atoms with Gasteiger partial charge in [-0.1, -0.05) is 28.1 Å². The first kappa shape index (κ1) is 23.8. The third-order valence-corrected chi connectivity index (χ3v) is 4.72. The Balaban J connectivity index is 2.51. The molecule has 1 saturated heterocycles. The van der Waals surface area contributed by atoms with Crippen molar-refractivity contribution in [1.82, 2.24) is 0 Å². The van der Waals surface area contributed by atoms with Crippen LogP contribution in [-0.2, 0) is 42.9 Å². The molecule has 1 aromatic rings. The molecule has 1 aliphatic heterocycles. The molecule has 1 aliphatic rings. The number of halogens is 1. The largest absolute Gasteiger partial charge is 0.463 e. The molecule has 5 atom stereocenters. The summed E-state index contributed by atoms with van der Waals surface area (Å²) in [6.45, 7) is 4.53. The number of ether oxygens (including phenoxy) is 5. The first-order valence-corrected chi connectivity index (χ1v) is 9.93. The van der Waals surface area contributed by atoms with Crippen molar-refractivity contribution in [3.05, 3.63) is 34.3 Å². The highest BCUT2D eigenvalue weighted by Gasteiger charge is 2.52. The van der Waals surface area contributed by atoms with Crippen LogP contribution in [0.4, 0.5) is 0 Å². The van der Waals surface area contributed by atoms with Crippen LogP contribution in [-0.4, -0.2) is 54.9 Å². The Morgan fingerprint density at radius 2 is 1.30 bits per heavy atom. The average molecular weight is 487 g/mol. The maximum atomic E-state index is 11.8. The number of esters is 4. The van der Waals surface area contributed by atoms with Crippen molar-refractivity contribution in [2.24, 2.45) is 0 Å². The molecule has 0 amide bonds. The molecule has 0 bridgehead atoms. The molecule has 0 saturated carbocycles. The van der Waals surface area contributed by atoms with E-state index in [2.05, 4.69) is 15.9 Å². The first-order valence-electron chi connectivity index (χ1n) is 9.14. The van der Waals surface area contributed by atoms with Gasteiger partial charge >= 0.3 is 23.9 Å². The minimum absolute atomic E-state index is 0.259. The Morgan fingerprint density at radius 1 is 0.800 bits per heavy atom. The molecule has 1 aromatic carbocycles. The van der Waals surface area contributed by atoms with Crippen molar-refractivity contribution >= 4 is 39.8 Å². The Morgan fingerprint density at radius 3 is 1.80 bits per heavy atom. The lowest BCUT2D eigenvalue weighted by molar-refractivity contribution is -0.254. The average Bonchev–Trinajstić information content (AvgIpc) is 2.63. The highest BCUT2D eigenvalue weighted by Crippen LogP contribution is 2.38. The van der Waals surface area contributed by atoms with Crippen molar-refractivity contribution in [2.75, 3.05) is 6.61 Å². The SMILES string of the molecule is CC(=O)OC[C@H]1O[C@@H](c2ccc(Br)cc2)[C@H](OC(C)=O)[C@@H](OC(C)=O)[C@@H]1OC(C)=O. The summed E-state index contributed by atoms with van der Waals surface area (Å²) >= 11 is 3.35. The maximum Gasteiger partial charge on any atom is 0.303 e. The van der Waals surface area contributed by atoms with E-state index in [9.17, 15) is 19.2 Å². The molecule has 0 unspecified atom stereocenters. The van der Waals surface area contributed by atoms with E-state index >= 15 is 0 Å². The third kappa shape index (κ3) is 6.53. The lowest BCUT2D eigenvalue weighted by Crippen LogP contribution is -2.59. The molecular formula is C20H23BrO9. The predicted octanol–water partition coefficient (Wildman–Crippen LogP) is 2.25. The zero-order valence-corrected chi connectivity index (χ0v) is 18.5. The second-order valence-electron chi connectivity index (χ2n) is 6.67. The standard InChI is InChI=1S/C20H23BrO9/c1-10(22)26-9-16-18(27-11(2)23)20(29-13(4)25)19(28-12(3)24)17(30-16)14-5-7-15(21)8-6-14/h5-8,16-20H,9H2,1-4H3/t16-,17+,18-,19+,20+/m1/s1. The highest BCUT2D eigenvalue weighted by molar-refractivity contribution is 9.10. The van der Waals surface area contributed by atoms with E-state index in [4.69, 9.17) is 23.7 Å². The third-order valence-electron chi connectivity index (χ3n) is 4.19. The Labute approximate surface area is 182 Å². The van der Waals surface area contributed by atoms with Crippen LogP contribution in [0.3, 0.4) is 0 Å². The van der Waals surface area contributed by atoms with Gasteiger partial charge in [-0.25, -0.2) is 0 Å². The van der Waals surface area contributed by atoms with Crippen LogP contribution in [0.2, 0.25) is 0 Å². The van der Waals surface area contributed by atoms with Crippen LogP contribution in [0.25, 0.3) is 0 Å². The van der Waals surface area contributed by atoms with Gasteiger partial charge in [-0.15, -0.1) is 0 Å². The van der Waals surface area contributed by atoms with Crippen molar-refractivity contribution in [1.29, 1.82) is 0 Å². The van der Waals surface area contributed by atoms with Crippen LogP contribution in [0.15, 0.2) is 28.7 Å². The molecule has 164 valence electrons. The second-order valence-corrected chi connectivity index (χ2v) is 7.59. The molecule has 9 nitrogen and oxygen atoms in total. The number of hydrogen-bond donors (Lipinski definition) is 0. The smallest absolute Gasteiger partial charge is 0.303 e. The van der Waals surface area contributed by atoms with Crippen LogP contribution < -0.4 is 0 Å². The van der Waals surface area contributed by atoms with E-state index < -0.39 is 54.4 Å². The summed E-state index contributed by atoms with van der Waals surface area (Å²) in [5.74, 6) is -2.54. The summed E-state index contributed by atoms with van der Waals surface area (Å²) in [4.78, 5) is 46.6. The zero-order chi connectivity index (χ0) is 22.4. The van der Waals surface area contributed by atoms with Crippen molar-refractivity contribution in [3.8, 4) is 0 Å². The summed E-state index contributed by atoms with van der Waals surface area (Å²) in [6, 6.07) is 7.02. The molecule has 0 aromatic heterocycles. The fourth-order valence-corrected chi connectivity index (χ4v) is 3.41. The molecule has 0 radical (unpaired) electrons. The molecule has 30 heavy (non-hydrogen) atoms. The van der Waals surface area contributed by atoms with E-state index in [0.29, 0.717) is 5.56 Å². The molecule has 1 heterocycles. The summed E-state index contributed by atoms with van der Waals surface area (Å²) in [7, 11) is 0. The van der Waals surface area contributed by atoms with Gasteiger partial charge in [-0.05, 0) is 17.7 Å². The van der Waals surface area contributed by atoms with E-state index in [-0.39, 0.29) is 6.61 Å². The van der Waals surface area contributed by atoms with Gasteiger partial charge in [-0.3, -0.25) is 19.2 Å². The number of rotatable bonds is 6. The van der Waals surface area contributed by atoms with Gasteiger partial charge in [0.2, 0.25) is 0 Å². The van der Waals surface area contributed by atoms with Crippen LogP contribution in [0, 0.1) is 0 Å². The number of benzene rings is 1. The van der Waals surface area contributed by atoms with Crippen molar-refractivity contribution < 1.29 is 42.9 Å². The van der Waals surface area contributed by atoms with Crippen LogP contribution >= 0.6 is 15.9 Å². The Kier molecular flexibility index (Phi) is 8.36. The molecule has 2 rings (SSSR count). The first-order chi connectivity index (χ1) is 14.1. The van der Waals surface area contributed by atoms with Gasteiger partial charge in [0.15, 0.2) is 18.3 Å². The summed E-state index contributed by atoms with van der Waals surface area (Å²) < 4.78 is 28.1. The van der Waals surface area contributed by atoms with Crippen molar-refractivity contribution in [3.63, 3.8) is 0 Å². The monoisotopic (exact) mass is 486 g/mol. The normalized spacial score (nSPS) is 25.7. The van der Waals surface area contributed by atoms with Crippen LogP contribution in [0.1, 0.15) is 39.4 Å². The Bertz CT molecular complexity index is 792. The molecule has 0 spiro atoms. The van der Waals surface area contributed by atoms with E-state index in [0.717, 1.165) is 4.47 Å². The number of carbonyl (C=O) groups excluding carboxylic acids is 4. The topological polar surface area (TPSA) is 114 Å². The van der Waals surface area contributed by atoms with E-state index in [1.165, 1.54) is 27.7 Å². The zero-order valence-electron chi connectivity index (χ0n) is 17.0. The lowest BCUT2D eigenvalue weighted by atomic mass is 9.90. The quantitative estimate of drug-likeness (QED) is 0.440. The van der Waals surface area contributed by atoms with Gasteiger partial charge in [0.05, 0.1) is 0 Å². The Hall–Kier alpha value is -2.46. The van der Waals surface area contributed by atoms with Gasteiger partial charge in [0, 0.05) is 32.2 Å². The minimum Gasteiger partial charge on any atom is -0.463 e. The maximum absolute atomic E-state index is 11.8. The minimum atomic E-state index is -1.18. The second kappa shape index (κ2) is 10.5. The molecule has 0 aliphatic carbocycles. The summed E-state index contributed by atoms with van der Waals surface area (Å²) in [5, 5.41) is 0. The fraction of sp³-hybridized carbons (Fsp3) is 0.500. The van der Waals surface area contributed by atoms with E-state index in [1.54, 1.807) is 24.3 Å². The summed E-state index contributed by atoms with van der Waals surface area (Å²) in [5.41, 5.74) is 0.621. The lowest BCUT2D eigenvalue weighted by Gasteiger charge is -2.44. The van der Waals surface area contributed by atoms with Gasteiger partial charge < -0.3 is 23.7 Å². The number of carbonyl (C=O) groups is 4. The van der Waals surface area contributed by atoms with Crippen molar-refractivity contribution in [2.45, 2.75) is 58.2 Å². The van der Waals surface area contributed by atoms with E-state index in [1.807, 2.05) is 0 Å². The molecular weight excluding hydrogens is 464 g/mol. The molecule has 10 heteroatoms. The molecule has 1 fully saturated rings. The van der Waals surface area contributed by atoms with Gasteiger partial charge in [-0.2, -0.15) is 0 Å².